The van der Waals surface area contributed by atoms with Gasteiger partial charge in [-0.3, -0.25) is 0 Å². The lowest BCUT2D eigenvalue weighted by Gasteiger charge is -1.85. The van der Waals surface area contributed by atoms with E-state index in [4.69, 9.17) is 5.73 Å². The standard InChI is InChI=1S/C4H8N4/c1-3-6-4(5)8(2)7-3/h1-2H3,(H2,5,6,7). The number of nitrogen functional groups attached to an aromatic ring is 1. The summed E-state index contributed by atoms with van der Waals surface area (Å²) in [6.45, 7) is 1.80. The molecule has 0 saturated heterocycles. The first-order chi connectivity index (χ1) is 3.70. The summed E-state index contributed by atoms with van der Waals surface area (Å²) >= 11 is 0. The van der Waals surface area contributed by atoms with Crippen LogP contribution < -0.4 is 5.73 Å². The summed E-state index contributed by atoms with van der Waals surface area (Å²) in [7, 11) is 1.76. The fourth-order valence-electron chi connectivity index (χ4n) is 0.529. The van der Waals surface area contributed by atoms with E-state index in [2.05, 4.69) is 10.1 Å². The van der Waals surface area contributed by atoms with Gasteiger partial charge < -0.3 is 5.73 Å². The summed E-state index contributed by atoms with van der Waals surface area (Å²) in [5.74, 6) is 1.17. The van der Waals surface area contributed by atoms with Gasteiger partial charge in [0, 0.05) is 7.05 Å². The molecule has 0 bridgehead atoms. The van der Waals surface area contributed by atoms with Gasteiger partial charge in [0.2, 0.25) is 5.95 Å². The van der Waals surface area contributed by atoms with Crippen molar-refractivity contribution >= 4 is 5.95 Å². The van der Waals surface area contributed by atoms with Gasteiger partial charge in [0.25, 0.3) is 0 Å². The molecule has 4 nitrogen and oxygen atoms in total. The van der Waals surface area contributed by atoms with Crippen LogP contribution in [0.2, 0.25) is 0 Å². The van der Waals surface area contributed by atoms with Crippen molar-refractivity contribution in [2.45, 2.75) is 6.92 Å². The Morgan fingerprint density at radius 2 is 2.25 bits per heavy atom. The van der Waals surface area contributed by atoms with Crippen molar-refractivity contribution in [1.82, 2.24) is 14.8 Å². The molecule has 0 aliphatic carbocycles. The lowest BCUT2D eigenvalue weighted by atomic mass is 10.8. The fourth-order valence-corrected chi connectivity index (χ4v) is 0.529. The average molecular weight is 112 g/mol. The molecule has 2 N–H and O–H groups in total. The topological polar surface area (TPSA) is 56.7 Å². The van der Waals surface area contributed by atoms with Crippen LogP contribution in [0.4, 0.5) is 5.95 Å². The fraction of sp³-hybridized carbons (Fsp3) is 0.500. The minimum Gasteiger partial charge on any atom is -0.368 e. The van der Waals surface area contributed by atoms with E-state index in [0.29, 0.717) is 11.8 Å². The second-order valence-corrected chi connectivity index (χ2v) is 1.64. The van der Waals surface area contributed by atoms with E-state index in [9.17, 15) is 0 Å². The average Bonchev–Trinajstić information content (AvgIpc) is 1.85. The quantitative estimate of drug-likeness (QED) is 0.501. The van der Waals surface area contributed by atoms with Crippen molar-refractivity contribution in [2.24, 2.45) is 7.05 Å². The van der Waals surface area contributed by atoms with E-state index >= 15 is 0 Å². The summed E-state index contributed by atoms with van der Waals surface area (Å²) in [5.41, 5.74) is 5.33. The molecule has 44 valence electrons. The summed E-state index contributed by atoms with van der Waals surface area (Å²) in [6.07, 6.45) is 0. The number of aryl methyl sites for hydroxylation is 2. The largest absolute Gasteiger partial charge is 0.368 e. The maximum Gasteiger partial charge on any atom is 0.218 e. The molecule has 0 aromatic carbocycles. The number of nitrogens with zero attached hydrogens (tertiary/aromatic N) is 3. The van der Waals surface area contributed by atoms with Crippen molar-refractivity contribution in [3.05, 3.63) is 5.82 Å². The van der Waals surface area contributed by atoms with Gasteiger partial charge in [-0.1, -0.05) is 0 Å². The zero-order valence-corrected chi connectivity index (χ0v) is 4.92. The molecule has 0 aliphatic heterocycles. The Morgan fingerprint density at radius 3 is 2.38 bits per heavy atom. The Balaban J connectivity index is 3.14. The smallest absolute Gasteiger partial charge is 0.218 e. The predicted molar refractivity (Wildman–Crippen MR) is 30.2 cm³/mol. The van der Waals surface area contributed by atoms with Gasteiger partial charge in [-0.15, -0.1) is 0 Å². The van der Waals surface area contributed by atoms with Crippen molar-refractivity contribution < 1.29 is 0 Å². The zero-order chi connectivity index (χ0) is 6.15. The van der Waals surface area contributed by atoms with Crippen molar-refractivity contribution in [2.75, 3.05) is 5.73 Å². The normalized spacial score (nSPS) is 9.75. The molecule has 1 heterocycles. The number of rotatable bonds is 0. The number of hydrogen-bond donors (Lipinski definition) is 1. The van der Waals surface area contributed by atoms with Crippen LogP contribution in [-0.2, 0) is 7.05 Å². The van der Waals surface area contributed by atoms with Crippen LogP contribution in [-0.4, -0.2) is 14.8 Å². The second kappa shape index (κ2) is 1.47. The Hall–Kier alpha value is -1.06. The van der Waals surface area contributed by atoms with Crippen LogP contribution in [0.1, 0.15) is 5.82 Å². The number of nitrogens with two attached hydrogens (primary N) is 1. The summed E-state index contributed by atoms with van der Waals surface area (Å²) < 4.78 is 1.54. The molecule has 0 aliphatic rings. The number of anilines is 1. The number of aromatic nitrogens is 3. The third kappa shape index (κ3) is 0.641. The summed E-state index contributed by atoms with van der Waals surface area (Å²) in [4.78, 5) is 3.84. The maximum absolute atomic E-state index is 5.33. The molecule has 0 atom stereocenters. The Bertz CT molecular complexity index is 170. The molecule has 0 fully saturated rings. The SMILES string of the molecule is Cc1nc(N)n(C)n1. The van der Waals surface area contributed by atoms with Gasteiger partial charge in [-0.25, -0.2) is 4.68 Å². The predicted octanol–water partition coefficient (Wildman–Crippen LogP) is -0.294. The highest BCUT2D eigenvalue weighted by Crippen LogP contribution is 1.92. The second-order valence-electron chi connectivity index (χ2n) is 1.64. The zero-order valence-electron chi connectivity index (χ0n) is 4.92. The molecule has 1 aromatic rings. The molecule has 0 saturated carbocycles. The van der Waals surface area contributed by atoms with Crippen LogP contribution in [0.5, 0.6) is 0 Å². The van der Waals surface area contributed by atoms with E-state index < -0.39 is 0 Å². The summed E-state index contributed by atoms with van der Waals surface area (Å²) in [5, 5.41) is 3.89. The molecule has 0 unspecified atom stereocenters. The van der Waals surface area contributed by atoms with Crippen LogP contribution >= 0.6 is 0 Å². The van der Waals surface area contributed by atoms with E-state index in [1.807, 2.05) is 0 Å². The third-order valence-electron chi connectivity index (χ3n) is 0.903. The van der Waals surface area contributed by atoms with Gasteiger partial charge in [0.1, 0.15) is 5.82 Å². The monoisotopic (exact) mass is 112 g/mol. The van der Waals surface area contributed by atoms with Crippen molar-refractivity contribution in [3.63, 3.8) is 0 Å². The van der Waals surface area contributed by atoms with E-state index in [1.54, 1.807) is 14.0 Å². The highest BCUT2D eigenvalue weighted by Gasteiger charge is 1.94. The van der Waals surface area contributed by atoms with Gasteiger partial charge in [-0.2, -0.15) is 10.1 Å². The van der Waals surface area contributed by atoms with E-state index in [0.717, 1.165) is 0 Å². The molecular formula is C4H8N4. The molecule has 0 spiro atoms. The first kappa shape index (κ1) is 5.08. The molecule has 4 heteroatoms. The van der Waals surface area contributed by atoms with Crippen molar-refractivity contribution in [1.29, 1.82) is 0 Å². The minimum atomic E-state index is 0.461. The molecule has 1 rings (SSSR count). The maximum atomic E-state index is 5.33. The molecule has 8 heavy (non-hydrogen) atoms. The van der Waals surface area contributed by atoms with Crippen LogP contribution in [0.3, 0.4) is 0 Å². The molecule has 1 aromatic heterocycles. The molecular weight excluding hydrogens is 104 g/mol. The third-order valence-corrected chi connectivity index (χ3v) is 0.903. The van der Waals surface area contributed by atoms with Gasteiger partial charge in [0.05, 0.1) is 0 Å². The summed E-state index contributed by atoms with van der Waals surface area (Å²) in [6, 6.07) is 0. The highest BCUT2D eigenvalue weighted by atomic mass is 15.4. The minimum absolute atomic E-state index is 0.461. The van der Waals surface area contributed by atoms with Gasteiger partial charge >= 0.3 is 0 Å². The lowest BCUT2D eigenvalue weighted by molar-refractivity contribution is 0.767. The first-order valence-electron chi connectivity index (χ1n) is 2.33. The van der Waals surface area contributed by atoms with E-state index in [-0.39, 0.29) is 0 Å². The first-order valence-corrected chi connectivity index (χ1v) is 2.33. The van der Waals surface area contributed by atoms with Crippen LogP contribution in [0, 0.1) is 6.92 Å². The highest BCUT2D eigenvalue weighted by molar-refractivity contribution is 5.14. The number of hydrogen-bond acceptors (Lipinski definition) is 3. The Morgan fingerprint density at radius 1 is 1.62 bits per heavy atom. The van der Waals surface area contributed by atoms with Gasteiger partial charge in [0.15, 0.2) is 0 Å². The van der Waals surface area contributed by atoms with E-state index in [1.165, 1.54) is 4.68 Å². The molecule has 0 amide bonds. The Kier molecular flexibility index (Phi) is 0.932. The van der Waals surface area contributed by atoms with Gasteiger partial charge in [-0.05, 0) is 6.92 Å². The Labute approximate surface area is 47.3 Å². The lowest BCUT2D eigenvalue weighted by Crippen LogP contribution is -1.97. The van der Waals surface area contributed by atoms with Crippen LogP contribution in [0.15, 0.2) is 0 Å². The molecule has 0 radical (unpaired) electrons. The van der Waals surface area contributed by atoms with Crippen molar-refractivity contribution in [3.8, 4) is 0 Å². The van der Waals surface area contributed by atoms with Crippen LogP contribution in [0.25, 0.3) is 0 Å².